The van der Waals surface area contributed by atoms with Gasteiger partial charge in [0.2, 0.25) is 0 Å². The fourth-order valence-electron chi connectivity index (χ4n) is 1.77. The van der Waals surface area contributed by atoms with E-state index in [0.717, 1.165) is 10.2 Å². The van der Waals surface area contributed by atoms with Crippen molar-refractivity contribution < 1.29 is 10.0 Å². The van der Waals surface area contributed by atoms with Gasteiger partial charge in [-0.3, -0.25) is 9.78 Å². The molecule has 0 aliphatic rings. The quantitative estimate of drug-likeness (QED) is 0.343. The number of nitrogens with one attached hydrogen (secondary N) is 1. The third-order valence-corrected chi connectivity index (χ3v) is 3.27. The number of benzene rings is 1. The van der Waals surface area contributed by atoms with Gasteiger partial charge in [0.25, 0.3) is 5.91 Å². The number of nitrogens with zero attached hydrogens (tertiary/aromatic N) is 2. The minimum atomic E-state index is -0.296. The molecular weight excluding hydrogens is 336 g/mol. The van der Waals surface area contributed by atoms with Crippen LogP contribution < -0.4 is 11.1 Å². The van der Waals surface area contributed by atoms with Gasteiger partial charge in [-0.25, -0.2) is 0 Å². The van der Waals surface area contributed by atoms with Crippen molar-refractivity contribution in [2.75, 3.05) is 5.32 Å². The fourth-order valence-corrected chi connectivity index (χ4v) is 2.13. The van der Waals surface area contributed by atoms with Crippen molar-refractivity contribution in [2.45, 2.75) is 6.92 Å². The van der Waals surface area contributed by atoms with Gasteiger partial charge in [-0.1, -0.05) is 21.1 Å². The summed E-state index contributed by atoms with van der Waals surface area (Å²) in [6.45, 7) is 1.80. The van der Waals surface area contributed by atoms with Crippen molar-refractivity contribution in [2.24, 2.45) is 10.9 Å². The van der Waals surface area contributed by atoms with Crippen LogP contribution in [0.3, 0.4) is 0 Å². The van der Waals surface area contributed by atoms with Crippen molar-refractivity contribution in [3.05, 3.63) is 57.8 Å². The molecule has 108 valence electrons. The number of amidine groups is 1. The van der Waals surface area contributed by atoms with E-state index >= 15 is 0 Å². The minimum absolute atomic E-state index is 0.0856. The molecule has 0 spiro atoms. The lowest BCUT2D eigenvalue weighted by atomic mass is 10.1. The number of anilines is 1. The van der Waals surface area contributed by atoms with Crippen molar-refractivity contribution in [3.63, 3.8) is 0 Å². The van der Waals surface area contributed by atoms with Crippen LogP contribution in [0.2, 0.25) is 0 Å². The Balaban J connectivity index is 2.33. The van der Waals surface area contributed by atoms with Crippen molar-refractivity contribution >= 4 is 33.4 Å². The lowest BCUT2D eigenvalue weighted by molar-refractivity contribution is 0.102. The number of halogens is 1. The first kappa shape index (κ1) is 15.0. The standard InChI is InChI=1S/C14H13BrN4O2/c1-8-6-9(4-5-17-8)14(20)18-12-3-2-10(15)7-11(12)13(16)19-21/h2-7,21H,1H3,(H2,16,19)(H,18,20). The van der Waals surface area contributed by atoms with E-state index < -0.39 is 0 Å². The van der Waals surface area contributed by atoms with Crippen LogP contribution in [-0.2, 0) is 0 Å². The minimum Gasteiger partial charge on any atom is -0.409 e. The highest BCUT2D eigenvalue weighted by Crippen LogP contribution is 2.21. The number of pyridine rings is 1. The van der Waals surface area contributed by atoms with E-state index in [1.54, 1.807) is 43.5 Å². The van der Waals surface area contributed by atoms with Gasteiger partial charge in [0.15, 0.2) is 5.84 Å². The van der Waals surface area contributed by atoms with E-state index in [2.05, 4.69) is 31.4 Å². The Morgan fingerprint density at radius 1 is 1.38 bits per heavy atom. The number of hydrogen-bond acceptors (Lipinski definition) is 4. The van der Waals surface area contributed by atoms with Gasteiger partial charge in [0, 0.05) is 27.5 Å². The third-order valence-electron chi connectivity index (χ3n) is 2.77. The van der Waals surface area contributed by atoms with Crippen LogP contribution in [0.25, 0.3) is 0 Å². The second-order valence-electron chi connectivity index (χ2n) is 4.32. The van der Waals surface area contributed by atoms with Crippen LogP contribution in [0.15, 0.2) is 46.2 Å². The summed E-state index contributed by atoms with van der Waals surface area (Å²) in [4.78, 5) is 16.3. The molecule has 0 atom stereocenters. The summed E-state index contributed by atoms with van der Waals surface area (Å²) < 4.78 is 0.752. The summed E-state index contributed by atoms with van der Waals surface area (Å²) in [7, 11) is 0. The molecule has 2 rings (SSSR count). The predicted molar refractivity (Wildman–Crippen MR) is 83.6 cm³/mol. The van der Waals surface area contributed by atoms with Gasteiger partial charge in [0.1, 0.15) is 0 Å². The van der Waals surface area contributed by atoms with E-state index in [0.29, 0.717) is 16.8 Å². The number of nitrogens with two attached hydrogens (primary N) is 1. The Hall–Kier alpha value is -2.41. The van der Waals surface area contributed by atoms with Gasteiger partial charge >= 0.3 is 0 Å². The molecule has 1 aromatic carbocycles. The number of aromatic nitrogens is 1. The summed E-state index contributed by atoms with van der Waals surface area (Å²) >= 11 is 3.30. The largest absolute Gasteiger partial charge is 0.409 e. The topological polar surface area (TPSA) is 101 Å². The first-order valence-corrected chi connectivity index (χ1v) is 6.82. The lowest BCUT2D eigenvalue weighted by Gasteiger charge is -2.11. The first-order valence-electron chi connectivity index (χ1n) is 6.02. The zero-order valence-corrected chi connectivity index (χ0v) is 12.8. The Morgan fingerprint density at radius 3 is 2.81 bits per heavy atom. The predicted octanol–water partition coefficient (Wildman–Crippen LogP) is 2.50. The van der Waals surface area contributed by atoms with Gasteiger partial charge < -0.3 is 16.3 Å². The molecule has 0 aliphatic heterocycles. The average molecular weight is 349 g/mol. The molecular formula is C14H13BrN4O2. The third kappa shape index (κ3) is 3.57. The molecule has 2 aromatic rings. The molecule has 0 radical (unpaired) electrons. The van der Waals surface area contributed by atoms with Crippen LogP contribution in [-0.4, -0.2) is 21.9 Å². The van der Waals surface area contributed by atoms with Crippen LogP contribution >= 0.6 is 15.9 Å². The molecule has 1 heterocycles. The van der Waals surface area contributed by atoms with Crippen LogP contribution in [0.5, 0.6) is 0 Å². The molecule has 0 bridgehead atoms. The van der Waals surface area contributed by atoms with Crippen molar-refractivity contribution in [3.8, 4) is 0 Å². The Labute approximate surface area is 129 Å². The lowest BCUT2D eigenvalue weighted by Crippen LogP contribution is -2.19. The van der Waals surface area contributed by atoms with Crippen molar-refractivity contribution in [1.82, 2.24) is 4.98 Å². The maximum absolute atomic E-state index is 12.2. The van der Waals surface area contributed by atoms with Gasteiger partial charge in [-0.2, -0.15) is 0 Å². The highest BCUT2D eigenvalue weighted by Gasteiger charge is 2.12. The number of aryl methyl sites for hydroxylation is 1. The normalized spacial score (nSPS) is 11.2. The highest BCUT2D eigenvalue weighted by molar-refractivity contribution is 9.10. The van der Waals surface area contributed by atoms with E-state index in [4.69, 9.17) is 10.9 Å². The Morgan fingerprint density at radius 2 is 2.14 bits per heavy atom. The molecule has 1 aromatic heterocycles. The SMILES string of the molecule is Cc1cc(C(=O)Nc2ccc(Br)cc2/C(N)=N/O)ccn1. The highest BCUT2D eigenvalue weighted by atomic mass is 79.9. The maximum Gasteiger partial charge on any atom is 0.255 e. The van der Waals surface area contributed by atoms with E-state index in [-0.39, 0.29) is 11.7 Å². The zero-order valence-electron chi connectivity index (χ0n) is 11.2. The summed E-state index contributed by atoms with van der Waals surface area (Å²) in [6, 6.07) is 8.37. The summed E-state index contributed by atoms with van der Waals surface area (Å²) in [5, 5.41) is 14.5. The molecule has 21 heavy (non-hydrogen) atoms. The molecule has 4 N–H and O–H groups in total. The molecule has 0 unspecified atom stereocenters. The van der Waals surface area contributed by atoms with Gasteiger partial charge in [0.05, 0.1) is 5.69 Å². The number of oxime groups is 1. The second kappa shape index (κ2) is 6.36. The summed E-state index contributed by atoms with van der Waals surface area (Å²) in [5.74, 6) is -0.382. The van der Waals surface area contributed by atoms with E-state index in [9.17, 15) is 4.79 Å². The molecule has 7 heteroatoms. The monoisotopic (exact) mass is 348 g/mol. The van der Waals surface area contributed by atoms with E-state index in [1.165, 1.54) is 0 Å². The molecule has 0 saturated carbocycles. The smallest absolute Gasteiger partial charge is 0.255 e. The number of carbonyl (C=O) groups excluding carboxylic acids is 1. The number of carbonyl (C=O) groups is 1. The molecule has 1 amide bonds. The molecule has 0 aliphatic carbocycles. The first-order chi connectivity index (χ1) is 10.0. The molecule has 0 fully saturated rings. The second-order valence-corrected chi connectivity index (χ2v) is 5.23. The fraction of sp³-hybridized carbons (Fsp3) is 0.0714. The van der Waals surface area contributed by atoms with E-state index in [1.807, 2.05) is 0 Å². The maximum atomic E-state index is 12.2. The summed E-state index contributed by atoms with van der Waals surface area (Å²) in [5.41, 5.74) is 7.72. The van der Waals surface area contributed by atoms with Crippen LogP contribution in [0.1, 0.15) is 21.6 Å². The number of amides is 1. The van der Waals surface area contributed by atoms with Gasteiger partial charge in [-0.05, 0) is 37.3 Å². The van der Waals surface area contributed by atoms with Crippen LogP contribution in [0.4, 0.5) is 5.69 Å². The van der Waals surface area contributed by atoms with Gasteiger partial charge in [-0.15, -0.1) is 0 Å². The summed E-state index contributed by atoms with van der Waals surface area (Å²) in [6.07, 6.45) is 1.57. The molecule has 0 saturated heterocycles. The van der Waals surface area contributed by atoms with Crippen LogP contribution in [0, 0.1) is 6.92 Å². The average Bonchev–Trinajstić information content (AvgIpc) is 2.48. The number of hydrogen-bond donors (Lipinski definition) is 3. The Bertz CT molecular complexity index is 716. The van der Waals surface area contributed by atoms with Crippen molar-refractivity contribution in [1.29, 1.82) is 0 Å². The number of rotatable bonds is 3. The zero-order chi connectivity index (χ0) is 15.4. The Kier molecular flexibility index (Phi) is 4.54. The molecule has 6 nitrogen and oxygen atoms in total.